The van der Waals surface area contributed by atoms with Gasteiger partial charge in [-0.1, -0.05) is 75.1 Å². The second-order valence-corrected chi connectivity index (χ2v) is 11.5. The summed E-state index contributed by atoms with van der Waals surface area (Å²) >= 11 is 0. The molecule has 46 heavy (non-hydrogen) atoms. The highest BCUT2D eigenvalue weighted by atomic mass is 19.1. The SMILES string of the molecule is C=C/C(=C\C(=C/C)c1ccc2[nH]nc(-c3nc(C(=NC)c4cc(F)cc(CNC)c4)c(C(C)C)[nH]3)c2c1)CNCc1ccccc1. The van der Waals surface area contributed by atoms with Gasteiger partial charge < -0.3 is 15.6 Å². The number of aliphatic imine (C=N–C) groups is 1. The summed E-state index contributed by atoms with van der Waals surface area (Å²) in [5, 5.41) is 15.4. The molecule has 0 aliphatic heterocycles. The van der Waals surface area contributed by atoms with E-state index >= 15 is 0 Å². The number of nitrogens with one attached hydrogen (secondary N) is 4. The Bertz CT molecular complexity index is 1910. The maximum Gasteiger partial charge on any atom is 0.159 e. The van der Waals surface area contributed by atoms with Crippen molar-refractivity contribution < 1.29 is 4.39 Å². The molecule has 2 aromatic heterocycles. The number of rotatable bonds is 13. The Labute approximate surface area is 270 Å². The normalized spacial score (nSPS) is 12.8. The van der Waals surface area contributed by atoms with Gasteiger partial charge in [0.15, 0.2) is 5.82 Å². The molecule has 0 bridgehead atoms. The standard InChI is InChI=1S/C38H42FN7/c1-7-25(22-42-23-26-12-10-9-11-13-26)16-28(8-2)29-14-15-33-32(20-29)36(46-45-33)38-43-34(24(3)4)37(44-38)35(41-6)30-17-27(21-40-5)18-31(39)19-30/h7-20,24,40,42H,1,21-23H2,2-6H3,(H,43,44)(H,45,46)/b25-16+,28-8+,41-35?. The van der Waals surface area contributed by atoms with Crippen LogP contribution in [0.2, 0.25) is 0 Å². The maximum atomic E-state index is 14.6. The lowest BCUT2D eigenvalue weighted by molar-refractivity contribution is 0.623. The van der Waals surface area contributed by atoms with Gasteiger partial charge in [-0.15, -0.1) is 0 Å². The lowest BCUT2D eigenvalue weighted by Crippen LogP contribution is -2.15. The van der Waals surface area contributed by atoms with Crippen LogP contribution in [-0.2, 0) is 13.1 Å². The molecule has 5 rings (SSSR count). The largest absolute Gasteiger partial charge is 0.340 e. The minimum Gasteiger partial charge on any atom is -0.340 e. The Morgan fingerprint density at radius 2 is 1.83 bits per heavy atom. The first-order valence-corrected chi connectivity index (χ1v) is 15.6. The number of aromatic nitrogens is 4. The first kappa shape index (κ1) is 32.5. The molecule has 0 amide bonds. The third kappa shape index (κ3) is 7.30. The molecule has 4 N–H and O–H groups in total. The summed E-state index contributed by atoms with van der Waals surface area (Å²) < 4.78 is 14.6. The molecule has 0 fully saturated rings. The monoisotopic (exact) mass is 615 g/mol. The fourth-order valence-corrected chi connectivity index (χ4v) is 5.60. The van der Waals surface area contributed by atoms with Gasteiger partial charge in [-0.05, 0) is 78.1 Å². The van der Waals surface area contributed by atoms with Gasteiger partial charge >= 0.3 is 0 Å². The lowest BCUT2D eigenvalue weighted by Gasteiger charge is -2.10. The Morgan fingerprint density at radius 1 is 1.02 bits per heavy atom. The Balaban J connectivity index is 1.48. The lowest BCUT2D eigenvalue weighted by atomic mass is 9.99. The van der Waals surface area contributed by atoms with E-state index < -0.39 is 0 Å². The van der Waals surface area contributed by atoms with E-state index in [-0.39, 0.29) is 11.7 Å². The molecule has 0 spiro atoms. The number of nitrogens with zero attached hydrogens (tertiary/aromatic N) is 3. The molecule has 8 heteroatoms. The molecule has 236 valence electrons. The average molecular weight is 616 g/mol. The van der Waals surface area contributed by atoms with Gasteiger partial charge in [0.2, 0.25) is 0 Å². The molecule has 0 aliphatic rings. The maximum absolute atomic E-state index is 14.6. The number of fused-ring (bicyclic) bond motifs is 1. The van der Waals surface area contributed by atoms with E-state index in [0.29, 0.717) is 41.6 Å². The summed E-state index contributed by atoms with van der Waals surface area (Å²) in [6, 6.07) is 21.6. The predicted octanol–water partition coefficient (Wildman–Crippen LogP) is 7.71. The summed E-state index contributed by atoms with van der Waals surface area (Å²) in [7, 11) is 3.56. The predicted molar refractivity (Wildman–Crippen MR) is 189 cm³/mol. The van der Waals surface area contributed by atoms with Crippen molar-refractivity contribution in [2.24, 2.45) is 4.99 Å². The van der Waals surface area contributed by atoms with Gasteiger partial charge in [-0.3, -0.25) is 10.1 Å². The van der Waals surface area contributed by atoms with Crippen LogP contribution in [-0.4, -0.2) is 46.5 Å². The van der Waals surface area contributed by atoms with E-state index in [0.717, 1.165) is 45.4 Å². The zero-order valence-electron chi connectivity index (χ0n) is 27.2. The summed E-state index contributed by atoms with van der Waals surface area (Å²) in [4.78, 5) is 13.1. The van der Waals surface area contributed by atoms with Crippen molar-refractivity contribution in [3.8, 4) is 11.5 Å². The third-order valence-corrected chi connectivity index (χ3v) is 7.90. The van der Waals surface area contributed by atoms with Crippen molar-refractivity contribution in [3.05, 3.63) is 137 Å². The number of hydrogen-bond acceptors (Lipinski definition) is 5. The molecular formula is C38H42FN7. The van der Waals surface area contributed by atoms with Gasteiger partial charge in [0, 0.05) is 43.3 Å². The fraction of sp³-hybridized carbons (Fsp3) is 0.237. The highest BCUT2D eigenvalue weighted by Gasteiger charge is 2.23. The first-order chi connectivity index (χ1) is 22.3. The molecule has 0 saturated carbocycles. The molecule has 3 aromatic carbocycles. The van der Waals surface area contributed by atoms with Gasteiger partial charge in [0.05, 0.1) is 11.2 Å². The average Bonchev–Trinajstić information content (AvgIpc) is 3.68. The molecule has 5 aromatic rings. The number of hydrogen-bond donors (Lipinski definition) is 4. The van der Waals surface area contributed by atoms with Crippen molar-refractivity contribution in [2.45, 2.75) is 39.8 Å². The van der Waals surface area contributed by atoms with Crippen molar-refractivity contribution in [1.29, 1.82) is 0 Å². The molecule has 7 nitrogen and oxygen atoms in total. The van der Waals surface area contributed by atoms with E-state index in [9.17, 15) is 4.39 Å². The van der Waals surface area contributed by atoms with Crippen LogP contribution < -0.4 is 10.6 Å². The van der Waals surface area contributed by atoms with Crippen molar-refractivity contribution in [2.75, 3.05) is 20.6 Å². The van der Waals surface area contributed by atoms with E-state index in [1.165, 1.54) is 17.7 Å². The molecule has 2 heterocycles. The molecule has 0 atom stereocenters. The zero-order chi connectivity index (χ0) is 32.6. The Morgan fingerprint density at radius 3 is 2.52 bits per heavy atom. The summed E-state index contributed by atoms with van der Waals surface area (Å²) in [5.41, 5.74) is 9.84. The summed E-state index contributed by atoms with van der Waals surface area (Å²) in [5.74, 6) is 0.438. The minimum atomic E-state index is -0.308. The van der Waals surface area contributed by atoms with Crippen molar-refractivity contribution in [1.82, 2.24) is 30.8 Å². The number of allylic oxidation sites excluding steroid dienone is 3. The molecular weight excluding hydrogens is 573 g/mol. The van der Waals surface area contributed by atoms with Crippen LogP contribution in [0.25, 0.3) is 28.0 Å². The highest BCUT2D eigenvalue weighted by molar-refractivity contribution is 6.13. The van der Waals surface area contributed by atoms with E-state index in [2.05, 4.69) is 87.7 Å². The van der Waals surface area contributed by atoms with Crippen LogP contribution in [0.4, 0.5) is 4.39 Å². The summed E-state index contributed by atoms with van der Waals surface area (Å²) in [6.45, 7) is 12.3. The summed E-state index contributed by atoms with van der Waals surface area (Å²) in [6.07, 6.45) is 6.17. The molecule has 0 aliphatic carbocycles. The van der Waals surface area contributed by atoms with Crippen LogP contribution in [0.1, 0.15) is 60.3 Å². The number of H-pyrrole nitrogens is 2. The van der Waals surface area contributed by atoms with Crippen LogP contribution in [0.15, 0.2) is 102 Å². The van der Waals surface area contributed by atoms with Crippen molar-refractivity contribution >= 4 is 22.2 Å². The van der Waals surface area contributed by atoms with Gasteiger partial charge in [-0.25, -0.2) is 9.37 Å². The van der Waals surface area contributed by atoms with E-state index in [4.69, 9.17) is 4.98 Å². The Hall–Kier alpha value is -4.92. The van der Waals surface area contributed by atoms with Crippen LogP contribution in [0.5, 0.6) is 0 Å². The third-order valence-electron chi connectivity index (χ3n) is 7.90. The Kier molecular flexibility index (Phi) is 10.5. The van der Waals surface area contributed by atoms with Crippen LogP contribution in [0, 0.1) is 5.82 Å². The van der Waals surface area contributed by atoms with Gasteiger partial charge in [0.25, 0.3) is 0 Å². The van der Waals surface area contributed by atoms with Crippen LogP contribution in [0.3, 0.4) is 0 Å². The van der Waals surface area contributed by atoms with Gasteiger partial charge in [-0.2, -0.15) is 5.10 Å². The number of aromatic amines is 2. The number of imidazole rings is 1. The second-order valence-electron chi connectivity index (χ2n) is 11.5. The topological polar surface area (TPSA) is 93.8 Å². The second kappa shape index (κ2) is 14.9. The molecule has 0 radical (unpaired) electrons. The first-order valence-electron chi connectivity index (χ1n) is 15.6. The number of benzene rings is 3. The molecule has 0 saturated heterocycles. The fourth-order valence-electron chi connectivity index (χ4n) is 5.60. The molecule has 0 unspecified atom stereocenters. The smallest absolute Gasteiger partial charge is 0.159 e. The number of halogens is 1. The quantitative estimate of drug-likeness (QED) is 0.0806. The van der Waals surface area contributed by atoms with Crippen molar-refractivity contribution in [3.63, 3.8) is 0 Å². The van der Waals surface area contributed by atoms with E-state index in [1.807, 2.05) is 50.4 Å². The van der Waals surface area contributed by atoms with Crippen LogP contribution >= 0.6 is 0 Å². The zero-order valence-corrected chi connectivity index (χ0v) is 27.2. The van der Waals surface area contributed by atoms with Gasteiger partial charge in [0.1, 0.15) is 17.2 Å². The van der Waals surface area contributed by atoms with E-state index in [1.54, 1.807) is 7.05 Å². The highest BCUT2D eigenvalue weighted by Crippen LogP contribution is 2.31. The minimum absolute atomic E-state index is 0.117.